The minimum atomic E-state index is -1.78. The van der Waals surface area contributed by atoms with Crippen LogP contribution in [0.2, 0.25) is 13.1 Å². The third-order valence-corrected chi connectivity index (χ3v) is 12.2. The van der Waals surface area contributed by atoms with Crippen LogP contribution in [0.3, 0.4) is 0 Å². The van der Waals surface area contributed by atoms with Gasteiger partial charge in [0.1, 0.15) is 5.75 Å². The van der Waals surface area contributed by atoms with Crippen LogP contribution in [0.25, 0.3) is 22.4 Å². The van der Waals surface area contributed by atoms with E-state index in [1.807, 2.05) is 48.5 Å². The van der Waals surface area contributed by atoms with Gasteiger partial charge in [-0.2, -0.15) is 72.8 Å². The normalized spacial score (nSPS) is 13.2. The molecule has 46 heavy (non-hydrogen) atoms. The van der Waals surface area contributed by atoms with Crippen molar-refractivity contribution >= 4 is 46.5 Å². The minimum absolute atomic E-state index is 0. The summed E-state index contributed by atoms with van der Waals surface area (Å²) in [4.78, 5) is 2.27. The van der Waals surface area contributed by atoms with Crippen molar-refractivity contribution in [3.05, 3.63) is 157 Å². The van der Waals surface area contributed by atoms with Gasteiger partial charge in [0.2, 0.25) is 0 Å². The first-order valence-corrected chi connectivity index (χ1v) is 18.1. The van der Waals surface area contributed by atoms with E-state index in [9.17, 15) is 0 Å². The summed E-state index contributed by atoms with van der Waals surface area (Å²) in [7, 11) is -1.78. The van der Waals surface area contributed by atoms with Crippen molar-refractivity contribution in [3.63, 3.8) is 0 Å². The number of aromatic nitrogens is 2. The Kier molecular flexibility index (Phi) is 7.76. The Hall–Kier alpha value is -4.70. The van der Waals surface area contributed by atoms with Crippen LogP contribution in [-0.2, 0) is 21.1 Å². The van der Waals surface area contributed by atoms with Crippen molar-refractivity contribution in [1.29, 1.82) is 0 Å². The number of nitrogens with zero attached hydrogens (tertiary/aromatic N) is 3. The second-order valence-electron chi connectivity index (χ2n) is 11.9. The van der Waals surface area contributed by atoms with E-state index in [4.69, 9.17) is 4.74 Å². The van der Waals surface area contributed by atoms with Gasteiger partial charge in [-0.05, 0) is 41.7 Å². The molecule has 0 amide bonds. The van der Waals surface area contributed by atoms with Crippen molar-refractivity contribution in [3.8, 4) is 22.9 Å². The molecule has 4 nitrogen and oxygen atoms in total. The molecule has 0 fully saturated rings. The van der Waals surface area contributed by atoms with E-state index in [1.54, 1.807) is 0 Å². The van der Waals surface area contributed by atoms with Gasteiger partial charge in [0, 0.05) is 5.75 Å². The third kappa shape index (κ3) is 4.91. The van der Waals surface area contributed by atoms with Gasteiger partial charge in [-0.3, -0.25) is 4.57 Å². The second-order valence-corrected chi connectivity index (χ2v) is 16.2. The van der Waals surface area contributed by atoms with E-state index < -0.39 is 8.07 Å². The molecule has 0 atom stereocenters. The predicted octanol–water partition coefficient (Wildman–Crippen LogP) is 7.81. The zero-order valence-corrected chi connectivity index (χ0v) is 29.0. The summed E-state index contributed by atoms with van der Waals surface area (Å²) in [5.41, 5.74) is 8.89. The second kappa shape index (κ2) is 11.9. The zero-order chi connectivity index (χ0) is 30.5. The van der Waals surface area contributed by atoms with E-state index in [-0.39, 0.29) is 21.1 Å². The van der Waals surface area contributed by atoms with E-state index >= 15 is 0 Å². The average Bonchev–Trinajstić information content (AvgIpc) is 3.47. The SMILES string of the molecule is C[Si]1(C)c2ccc[c-]c2N2c3[c-]cccc3Oc3cccc1c32.Cc1ccc(-[n+]2[c-]n(-c3[c-]cccc3)c3ccccc32)cc1.[Pt+4]. The van der Waals surface area contributed by atoms with Crippen LogP contribution in [0.5, 0.6) is 11.5 Å². The van der Waals surface area contributed by atoms with Gasteiger partial charge in [0.15, 0.2) is 0 Å². The van der Waals surface area contributed by atoms with Crippen LogP contribution in [0, 0.1) is 31.5 Å². The van der Waals surface area contributed by atoms with Gasteiger partial charge in [0.05, 0.1) is 30.5 Å². The molecule has 3 heterocycles. The number of aryl methyl sites for hydroxylation is 1. The average molecular weight is 792 g/mol. The van der Waals surface area contributed by atoms with Gasteiger partial charge in [-0.15, -0.1) is 11.3 Å². The summed E-state index contributed by atoms with van der Waals surface area (Å²) in [6, 6.07) is 53.6. The Balaban J connectivity index is 0.000000144. The Morgan fingerprint density at radius 2 is 1.35 bits per heavy atom. The van der Waals surface area contributed by atoms with Crippen LogP contribution in [-0.4, -0.2) is 12.6 Å². The molecule has 0 saturated carbocycles. The molecule has 0 unspecified atom stereocenters. The van der Waals surface area contributed by atoms with Crippen molar-refractivity contribution < 1.29 is 30.4 Å². The smallest absolute Gasteiger partial charge is 0.513 e. The van der Waals surface area contributed by atoms with Crippen molar-refractivity contribution in [2.24, 2.45) is 0 Å². The first-order chi connectivity index (χ1) is 22.0. The predicted molar refractivity (Wildman–Crippen MR) is 183 cm³/mol. The minimum Gasteiger partial charge on any atom is -0.513 e. The van der Waals surface area contributed by atoms with Crippen molar-refractivity contribution in [1.82, 2.24) is 4.57 Å². The molecule has 7 aromatic rings. The monoisotopic (exact) mass is 791 g/mol. The van der Waals surface area contributed by atoms with Gasteiger partial charge in [-0.25, -0.2) is 0 Å². The fourth-order valence-corrected chi connectivity index (χ4v) is 9.29. The fraction of sp³-hybridized carbons (Fsp3) is 0.0750. The first-order valence-electron chi connectivity index (χ1n) is 15.1. The number of para-hydroxylation sites is 6. The van der Waals surface area contributed by atoms with Crippen LogP contribution in [0.4, 0.5) is 17.1 Å². The maximum absolute atomic E-state index is 6.17. The molecular weight excluding hydrogens is 762 g/mol. The Bertz CT molecular complexity index is 2190. The molecule has 9 rings (SSSR count). The molecule has 6 heteroatoms. The van der Waals surface area contributed by atoms with Gasteiger partial charge in [-0.1, -0.05) is 72.9 Å². The van der Waals surface area contributed by atoms with Crippen LogP contribution in [0.1, 0.15) is 5.56 Å². The fourth-order valence-electron chi connectivity index (χ4n) is 6.37. The summed E-state index contributed by atoms with van der Waals surface area (Å²) in [6.07, 6.45) is 3.44. The molecule has 0 bridgehead atoms. The largest absolute Gasteiger partial charge is 4.00 e. The molecule has 0 radical (unpaired) electrons. The summed E-state index contributed by atoms with van der Waals surface area (Å²) in [5, 5.41) is 2.82. The number of imidazole rings is 1. The van der Waals surface area contributed by atoms with E-state index in [0.717, 1.165) is 45.3 Å². The number of anilines is 3. The molecule has 0 N–H and O–H groups in total. The Morgan fingerprint density at radius 3 is 2.15 bits per heavy atom. The molecular formula is C40H30N3OPtSi+. The zero-order valence-electron chi connectivity index (χ0n) is 25.7. The molecule has 6 aromatic carbocycles. The van der Waals surface area contributed by atoms with Crippen LogP contribution >= 0.6 is 0 Å². The standard InChI is InChI=1S/C20H15N2.C20H15NOSi.Pt/c1-16-11-13-18(14-12-16)22-15-21(17-7-3-2-4-8-17)19-9-5-6-10-20(19)22;1-23(2)18-12-6-4-9-15(18)21-14-8-3-5-10-16(14)22-17-11-7-13-19(23)20(17)21;/h2-7,9-14H,1H3;3-7,10-13H,1-2H3;/q-1;-2;+4. The topological polar surface area (TPSA) is 21.3 Å². The number of ether oxygens (including phenoxy) is 1. The van der Waals surface area contributed by atoms with E-state index in [1.165, 1.54) is 21.6 Å². The number of rotatable bonds is 2. The van der Waals surface area contributed by atoms with Gasteiger partial charge in [0.25, 0.3) is 6.33 Å². The van der Waals surface area contributed by atoms with Gasteiger partial charge >= 0.3 is 21.1 Å². The Labute approximate surface area is 285 Å². The molecule has 2 aliphatic rings. The summed E-state index contributed by atoms with van der Waals surface area (Å²) in [6.45, 7) is 6.90. The number of hydrogen-bond donors (Lipinski definition) is 0. The molecule has 0 saturated heterocycles. The maximum atomic E-state index is 6.17. The number of hydrogen-bond acceptors (Lipinski definition) is 2. The number of fused-ring (bicyclic) bond motifs is 5. The van der Waals surface area contributed by atoms with E-state index in [0.29, 0.717) is 0 Å². The number of benzene rings is 6. The third-order valence-electron chi connectivity index (χ3n) is 8.66. The molecule has 1 aromatic heterocycles. The van der Waals surface area contributed by atoms with Crippen molar-refractivity contribution in [2.75, 3.05) is 4.90 Å². The molecule has 224 valence electrons. The van der Waals surface area contributed by atoms with Crippen LogP contribution in [0.15, 0.2) is 127 Å². The maximum Gasteiger partial charge on any atom is 4.00 e. The van der Waals surface area contributed by atoms with Gasteiger partial charge < -0.3 is 14.2 Å². The molecule has 2 aliphatic heterocycles. The van der Waals surface area contributed by atoms with Crippen molar-refractivity contribution in [2.45, 2.75) is 20.0 Å². The molecule has 0 spiro atoms. The van der Waals surface area contributed by atoms with E-state index in [2.05, 4.69) is 137 Å². The van der Waals surface area contributed by atoms with Crippen LogP contribution < -0.4 is 24.6 Å². The summed E-state index contributed by atoms with van der Waals surface area (Å²) in [5.74, 6) is 1.78. The quantitative estimate of drug-likeness (QED) is 0.101. The molecule has 0 aliphatic carbocycles. The summed E-state index contributed by atoms with van der Waals surface area (Å²) < 4.78 is 10.3. The Morgan fingerprint density at radius 1 is 0.652 bits per heavy atom. The summed E-state index contributed by atoms with van der Waals surface area (Å²) >= 11 is 0. The first kappa shape index (κ1) is 30.0.